The van der Waals surface area contributed by atoms with Gasteiger partial charge in [0.2, 0.25) is 11.8 Å². The van der Waals surface area contributed by atoms with Crippen molar-refractivity contribution in [3.63, 3.8) is 0 Å². The van der Waals surface area contributed by atoms with Crippen LogP contribution in [0.3, 0.4) is 0 Å². The van der Waals surface area contributed by atoms with Gasteiger partial charge in [-0.05, 0) is 37.0 Å². The Bertz CT molecular complexity index is 442. The molecule has 1 heterocycles. The van der Waals surface area contributed by atoms with Crippen molar-refractivity contribution in [3.8, 4) is 0 Å². The molecule has 1 N–H and O–H groups in total. The van der Waals surface area contributed by atoms with Crippen LogP contribution in [0.2, 0.25) is 0 Å². The Hall–Kier alpha value is -1.06. The molecule has 3 rings (SSSR count). The number of carbonyl (C=O) groups excluding carboxylic acids is 2. The molecule has 1 atom stereocenters. The molecule has 3 fully saturated rings. The fourth-order valence-electron chi connectivity index (χ4n) is 4.21. The second kappa shape index (κ2) is 4.99. The van der Waals surface area contributed by atoms with Gasteiger partial charge >= 0.3 is 0 Å². The third-order valence-electron chi connectivity index (χ3n) is 5.55. The van der Waals surface area contributed by atoms with Gasteiger partial charge in [0.1, 0.15) is 11.6 Å². The van der Waals surface area contributed by atoms with E-state index in [1.54, 1.807) is 0 Å². The van der Waals surface area contributed by atoms with E-state index in [9.17, 15) is 9.59 Å². The van der Waals surface area contributed by atoms with Crippen molar-refractivity contribution in [1.29, 1.82) is 0 Å². The van der Waals surface area contributed by atoms with Gasteiger partial charge < -0.3 is 10.2 Å². The molecular formula is C17H28N2O2. The van der Waals surface area contributed by atoms with Gasteiger partial charge in [-0.15, -0.1) is 0 Å². The molecule has 3 aliphatic rings. The maximum atomic E-state index is 13.1. The molecule has 2 amide bonds. The molecule has 4 nitrogen and oxygen atoms in total. The summed E-state index contributed by atoms with van der Waals surface area (Å²) < 4.78 is 0. The number of amides is 2. The van der Waals surface area contributed by atoms with Crippen molar-refractivity contribution in [3.05, 3.63) is 0 Å². The summed E-state index contributed by atoms with van der Waals surface area (Å²) >= 11 is 0. The minimum absolute atomic E-state index is 0.0586. The van der Waals surface area contributed by atoms with Crippen LogP contribution in [-0.4, -0.2) is 34.8 Å². The predicted molar refractivity (Wildman–Crippen MR) is 81.6 cm³/mol. The van der Waals surface area contributed by atoms with Crippen LogP contribution in [0.15, 0.2) is 0 Å². The van der Waals surface area contributed by atoms with Crippen LogP contribution in [0.1, 0.15) is 65.7 Å². The molecule has 2 aliphatic carbocycles. The molecule has 0 radical (unpaired) electrons. The number of hydrogen-bond donors (Lipinski definition) is 1. The van der Waals surface area contributed by atoms with Gasteiger partial charge in [-0.1, -0.05) is 40.0 Å². The van der Waals surface area contributed by atoms with Crippen molar-refractivity contribution in [2.45, 2.75) is 77.3 Å². The second-order valence-electron chi connectivity index (χ2n) is 8.30. The van der Waals surface area contributed by atoms with E-state index in [1.165, 1.54) is 19.3 Å². The Kier molecular flexibility index (Phi) is 3.53. The summed E-state index contributed by atoms with van der Waals surface area (Å²) in [5, 5.41) is 3.11. The van der Waals surface area contributed by atoms with Gasteiger partial charge in [0.05, 0.1) is 0 Å². The van der Waals surface area contributed by atoms with Crippen LogP contribution in [0.5, 0.6) is 0 Å². The van der Waals surface area contributed by atoms with E-state index in [-0.39, 0.29) is 23.3 Å². The highest BCUT2D eigenvalue weighted by atomic mass is 16.2. The molecule has 118 valence electrons. The highest BCUT2D eigenvalue weighted by Gasteiger charge is 2.54. The Balaban J connectivity index is 1.90. The van der Waals surface area contributed by atoms with Crippen molar-refractivity contribution in [2.75, 3.05) is 6.54 Å². The third kappa shape index (κ3) is 2.47. The Morgan fingerprint density at radius 3 is 2.24 bits per heavy atom. The molecule has 1 saturated heterocycles. The number of hydrogen-bond acceptors (Lipinski definition) is 2. The molecule has 2 saturated carbocycles. The zero-order chi connectivity index (χ0) is 15.3. The van der Waals surface area contributed by atoms with E-state index < -0.39 is 5.54 Å². The lowest BCUT2D eigenvalue weighted by Crippen LogP contribution is -2.72. The summed E-state index contributed by atoms with van der Waals surface area (Å²) in [6.45, 7) is 6.96. The largest absolute Gasteiger partial charge is 0.340 e. The van der Waals surface area contributed by atoms with E-state index in [0.717, 1.165) is 32.2 Å². The second-order valence-corrected chi connectivity index (χ2v) is 8.30. The van der Waals surface area contributed by atoms with Crippen LogP contribution in [0.25, 0.3) is 0 Å². The first-order valence-electron chi connectivity index (χ1n) is 8.47. The molecule has 0 aromatic carbocycles. The first-order chi connectivity index (χ1) is 9.83. The van der Waals surface area contributed by atoms with Crippen molar-refractivity contribution >= 4 is 11.8 Å². The molecule has 0 bridgehead atoms. The fraction of sp³-hybridized carbons (Fsp3) is 0.882. The highest BCUT2D eigenvalue weighted by Crippen LogP contribution is 2.40. The first kappa shape index (κ1) is 14.9. The maximum Gasteiger partial charge on any atom is 0.249 e. The minimum Gasteiger partial charge on any atom is -0.340 e. The standard InChI is InChI=1S/C17H28N2O2/c1-16(2,3)13-14(20)18-17(9-4-5-10-17)15(21)19(13)11-12-7-6-8-12/h12-13H,4-11H2,1-3H3,(H,18,20). The summed E-state index contributed by atoms with van der Waals surface area (Å²) in [5.74, 6) is 0.845. The van der Waals surface area contributed by atoms with E-state index in [0.29, 0.717) is 5.92 Å². The summed E-state index contributed by atoms with van der Waals surface area (Å²) in [6.07, 6.45) is 7.40. The number of rotatable bonds is 2. The number of carbonyl (C=O) groups is 2. The summed E-state index contributed by atoms with van der Waals surface area (Å²) in [5.41, 5.74) is -0.799. The average molecular weight is 292 g/mol. The monoisotopic (exact) mass is 292 g/mol. The van der Waals surface area contributed by atoms with Crippen molar-refractivity contribution in [1.82, 2.24) is 10.2 Å². The average Bonchev–Trinajstić information content (AvgIpc) is 2.77. The molecule has 21 heavy (non-hydrogen) atoms. The third-order valence-corrected chi connectivity index (χ3v) is 5.55. The van der Waals surface area contributed by atoms with E-state index in [2.05, 4.69) is 26.1 Å². The van der Waals surface area contributed by atoms with Gasteiger partial charge in [-0.3, -0.25) is 9.59 Å². The van der Waals surface area contributed by atoms with Crippen LogP contribution < -0.4 is 5.32 Å². The normalized spacial score (nSPS) is 29.7. The van der Waals surface area contributed by atoms with Crippen LogP contribution >= 0.6 is 0 Å². The van der Waals surface area contributed by atoms with Crippen molar-refractivity contribution < 1.29 is 9.59 Å². The molecule has 1 spiro atoms. The SMILES string of the molecule is CC(C)(C)C1C(=O)NC2(CCCC2)C(=O)N1CC1CCC1. The lowest BCUT2D eigenvalue weighted by Gasteiger charge is -2.50. The molecular weight excluding hydrogens is 264 g/mol. The van der Waals surface area contributed by atoms with Gasteiger partial charge in [-0.25, -0.2) is 0 Å². The quantitative estimate of drug-likeness (QED) is 0.850. The number of nitrogens with one attached hydrogen (secondary N) is 1. The molecule has 0 aromatic heterocycles. The highest BCUT2D eigenvalue weighted by molar-refractivity contribution is 6.00. The molecule has 0 aromatic rings. The summed E-state index contributed by atoms with van der Waals surface area (Å²) in [4.78, 5) is 27.8. The van der Waals surface area contributed by atoms with Crippen molar-refractivity contribution in [2.24, 2.45) is 11.3 Å². The Morgan fingerprint density at radius 2 is 1.76 bits per heavy atom. The maximum absolute atomic E-state index is 13.1. The zero-order valence-electron chi connectivity index (χ0n) is 13.6. The Labute approximate surface area is 127 Å². The lowest BCUT2D eigenvalue weighted by atomic mass is 9.78. The van der Waals surface area contributed by atoms with Crippen LogP contribution in [0.4, 0.5) is 0 Å². The number of nitrogens with zero attached hydrogens (tertiary/aromatic N) is 1. The van der Waals surface area contributed by atoms with Crippen LogP contribution in [0, 0.1) is 11.3 Å². The van der Waals surface area contributed by atoms with Crippen LogP contribution in [-0.2, 0) is 9.59 Å². The zero-order valence-corrected chi connectivity index (χ0v) is 13.6. The number of piperazine rings is 1. The molecule has 1 unspecified atom stereocenters. The van der Waals surface area contributed by atoms with E-state index in [1.807, 2.05) is 4.90 Å². The Morgan fingerprint density at radius 1 is 1.14 bits per heavy atom. The van der Waals surface area contributed by atoms with Gasteiger partial charge in [0.25, 0.3) is 0 Å². The molecule has 1 aliphatic heterocycles. The predicted octanol–water partition coefficient (Wildman–Crippen LogP) is 2.47. The first-order valence-corrected chi connectivity index (χ1v) is 8.47. The van der Waals surface area contributed by atoms with Gasteiger partial charge in [0, 0.05) is 6.54 Å². The van der Waals surface area contributed by atoms with Gasteiger partial charge in [-0.2, -0.15) is 0 Å². The summed E-state index contributed by atoms with van der Waals surface area (Å²) in [7, 11) is 0. The smallest absolute Gasteiger partial charge is 0.249 e. The summed E-state index contributed by atoms with van der Waals surface area (Å²) in [6, 6.07) is -0.322. The molecule has 4 heteroatoms. The van der Waals surface area contributed by atoms with E-state index in [4.69, 9.17) is 0 Å². The minimum atomic E-state index is -0.581. The van der Waals surface area contributed by atoms with Gasteiger partial charge in [0.15, 0.2) is 0 Å². The fourth-order valence-corrected chi connectivity index (χ4v) is 4.21. The van der Waals surface area contributed by atoms with E-state index >= 15 is 0 Å². The lowest BCUT2D eigenvalue weighted by molar-refractivity contribution is -0.160. The topological polar surface area (TPSA) is 49.4 Å².